The van der Waals surface area contributed by atoms with Crippen LogP contribution in [0.5, 0.6) is 0 Å². The minimum atomic E-state index is -0.0774. The highest BCUT2D eigenvalue weighted by Crippen LogP contribution is 2.20. The van der Waals surface area contributed by atoms with Crippen LogP contribution in [0.25, 0.3) is 11.6 Å². The standard InChI is InChI=1S/C23H21NO/c1-18(20-13-7-3-8-14-20)24-23(25)22(21-15-9-4-10-16-21)17-19-11-5-2-6-12-19/h2-18H,1H3,(H,24,25)/b22-17+/t18-/m1/s1. The van der Waals surface area contributed by atoms with Crippen LogP contribution in [0.15, 0.2) is 91.0 Å². The Morgan fingerprint density at radius 1 is 0.800 bits per heavy atom. The zero-order valence-electron chi connectivity index (χ0n) is 14.2. The molecule has 0 bridgehead atoms. The van der Waals surface area contributed by atoms with Gasteiger partial charge >= 0.3 is 0 Å². The molecule has 1 atom stereocenters. The number of hydrogen-bond acceptors (Lipinski definition) is 1. The molecule has 2 heteroatoms. The lowest BCUT2D eigenvalue weighted by Gasteiger charge is -2.16. The summed E-state index contributed by atoms with van der Waals surface area (Å²) in [5, 5.41) is 3.11. The second-order valence-corrected chi connectivity index (χ2v) is 5.94. The van der Waals surface area contributed by atoms with Crippen molar-refractivity contribution in [1.82, 2.24) is 5.32 Å². The molecular formula is C23H21NO. The van der Waals surface area contributed by atoms with Gasteiger partial charge in [-0.2, -0.15) is 0 Å². The lowest BCUT2D eigenvalue weighted by atomic mass is 10.0. The van der Waals surface area contributed by atoms with Crippen LogP contribution in [0.3, 0.4) is 0 Å². The Hall–Kier alpha value is -3.13. The van der Waals surface area contributed by atoms with Crippen molar-refractivity contribution in [2.45, 2.75) is 13.0 Å². The molecule has 0 aliphatic rings. The fourth-order valence-corrected chi connectivity index (χ4v) is 2.71. The van der Waals surface area contributed by atoms with Crippen molar-refractivity contribution in [3.8, 4) is 0 Å². The highest BCUT2D eigenvalue weighted by atomic mass is 16.1. The number of hydrogen-bond donors (Lipinski definition) is 1. The van der Waals surface area contributed by atoms with Gasteiger partial charge < -0.3 is 5.32 Å². The summed E-state index contributed by atoms with van der Waals surface area (Å²) < 4.78 is 0. The van der Waals surface area contributed by atoms with Crippen LogP contribution in [-0.4, -0.2) is 5.91 Å². The summed E-state index contributed by atoms with van der Waals surface area (Å²) >= 11 is 0. The van der Waals surface area contributed by atoms with Gasteiger partial charge in [0.2, 0.25) is 0 Å². The predicted molar refractivity (Wildman–Crippen MR) is 104 cm³/mol. The molecule has 0 aromatic heterocycles. The van der Waals surface area contributed by atoms with Crippen LogP contribution >= 0.6 is 0 Å². The molecule has 0 saturated heterocycles. The molecule has 1 N–H and O–H groups in total. The van der Waals surface area contributed by atoms with Crippen LogP contribution in [0.1, 0.15) is 29.7 Å². The van der Waals surface area contributed by atoms with E-state index in [4.69, 9.17) is 0 Å². The SMILES string of the molecule is C[C@@H](NC(=O)/C(=C/c1ccccc1)c1ccccc1)c1ccccc1. The fraction of sp³-hybridized carbons (Fsp3) is 0.0870. The Bertz CT molecular complexity index is 839. The molecule has 3 aromatic rings. The third-order valence-corrected chi connectivity index (χ3v) is 4.09. The lowest BCUT2D eigenvalue weighted by molar-refractivity contribution is -0.116. The number of amides is 1. The van der Waals surface area contributed by atoms with Crippen molar-refractivity contribution in [1.29, 1.82) is 0 Å². The molecule has 0 unspecified atom stereocenters. The minimum Gasteiger partial charge on any atom is -0.345 e. The average molecular weight is 327 g/mol. The minimum absolute atomic E-state index is 0.0587. The summed E-state index contributed by atoms with van der Waals surface area (Å²) in [4.78, 5) is 13.0. The van der Waals surface area contributed by atoms with Crippen LogP contribution in [-0.2, 0) is 4.79 Å². The maximum atomic E-state index is 13.0. The third-order valence-electron chi connectivity index (χ3n) is 4.09. The topological polar surface area (TPSA) is 29.1 Å². The van der Waals surface area contributed by atoms with Crippen molar-refractivity contribution in [2.24, 2.45) is 0 Å². The van der Waals surface area contributed by atoms with E-state index in [9.17, 15) is 4.79 Å². The Balaban J connectivity index is 1.89. The number of rotatable bonds is 5. The molecule has 0 radical (unpaired) electrons. The van der Waals surface area contributed by atoms with Crippen LogP contribution in [0, 0.1) is 0 Å². The highest BCUT2D eigenvalue weighted by molar-refractivity contribution is 6.24. The summed E-state index contributed by atoms with van der Waals surface area (Å²) in [6.07, 6.45) is 1.93. The Morgan fingerprint density at radius 3 is 1.92 bits per heavy atom. The smallest absolute Gasteiger partial charge is 0.252 e. The van der Waals surface area contributed by atoms with E-state index in [0.29, 0.717) is 5.57 Å². The molecule has 1 amide bonds. The van der Waals surface area contributed by atoms with Crippen molar-refractivity contribution in [3.05, 3.63) is 108 Å². The molecule has 3 aromatic carbocycles. The van der Waals surface area contributed by atoms with E-state index in [1.165, 1.54) is 0 Å². The van der Waals surface area contributed by atoms with E-state index in [-0.39, 0.29) is 11.9 Å². The third kappa shape index (κ3) is 4.45. The van der Waals surface area contributed by atoms with Crippen molar-refractivity contribution < 1.29 is 4.79 Å². The summed E-state index contributed by atoms with van der Waals surface area (Å²) in [5.74, 6) is -0.0774. The maximum absolute atomic E-state index is 13.0. The second kappa shape index (κ2) is 8.11. The van der Waals surface area contributed by atoms with Gasteiger partial charge in [0.05, 0.1) is 6.04 Å². The molecule has 0 aliphatic carbocycles. The zero-order chi connectivity index (χ0) is 17.5. The van der Waals surface area contributed by atoms with Gasteiger partial charge in [0.15, 0.2) is 0 Å². The Labute approximate surface area is 148 Å². The number of benzene rings is 3. The summed E-state index contributed by atoms with van der Waals surface area (Å²) in [5.41, 5.74) is 3.66. The van der Waals surface area contributed by atoms with Crippen molar-refractivity contribution >= 4 is 17.6 Å². The molecule has 124 valence electrons. The van der Waals surface area contributed by atoms with Crippen LogP contribution in [0.2, 0.25) is 0 Å². The van der Waals surface area contributed by atoms with Gasteiger partial charge in [-0.3, -0.25) is 4.79 Å². The predicted octanol–water partition coefficient (Wildman–Crippen LogP) is 5.10. The normalized spacial score (nSPS) is 12.4. The molecular weight excluding hydrogens is 306 g/mol. The van der Waals surface area contributed by atoms with Crippen LogP contribution < -0.4 is 5.32 Å². The van der Waals surface area contributed by atoms with Gasteiger partial charge in [-0.25, -0.2) is 0 Å². The fourth-order valence-electron chi connectivity index (χ4n) is 2.71. The Morgan fingerprint density at radius 2 is 1.32 bits per heavy atom. The van der Waals surface area contributed by atoms with Crippen molar-refractivity contribution in [2.75, 3.05) is 0 Å². The molecule has 3 rings (SSSR count). The van der Waals surface area contributed by atoms with Crippen LogP contribution in [0.4, 0.5) is 0 Å². The van der Waals surface area contributed by atoms with E-state index >= 15 is 0 Å². The van der Waals surface area contributed by atoms with E-state index in [2.05, 4.69) is 5.32 Å². The molecule has 0 saturated carbocycles. The highest BCUT2D eigenvalue weighted by Gasteiger charge is 2.15. The quantitative estimate of drug-likeness (QED) is 0.512. The molecule has 0 spiro atoms. The molecule has 2 nitrogen and oxygen atoms in total. The first kappa shape index (κ1) is 16.7. The van der Waals surface area contributed by atoms with E-state index in [1.54, 1.807) is 0 Å². The molecule has 0 fully saturated rings. The average Bonchev–Trinajstić information content (AvgIpc) is 2.68. The molecule has 0 heterocycles. The lowest BCUT2D eigenvalue weighted by Crippen LogP contribution is -2.27. The number of carbonyl (C=O) groups is 1. The zero-order valence-corrected chi connectivity index (χ0v) is 14.2. The monoisotopic (exact) mass is 327 g/mol. The largest absolute Gasteiger partial charge is 0.345 e. The first-order valence-corrected chi connectivity index (χ1v) is 8.42. The van der Waals surface area contributed by atoms with Gasteiger partial charge in [-0.15, -0.1) is 0 Å². The van der Waals surface area contributed by atoms with E-state index in [1.807, 2.05) is 104 Å². The van der Waals surface area contributed by atoms with Gasteiger partial charge in [-0.05, 0) is 29.7 Å². The first-order chi connectivity index (χ1) is 12.2. The summed E-state index contributed by atoms with van der Waals surface area (Å²) in [6.45, 7) is 2.00. The number of nitrogens with one attached hydrogen (secondary N) is 1. The Kier molecular flexibility index (Phi) is 5.43. The molecule has 0 aliphatic heterocycles. The van der Waals surface area contributed by atoms with Gasteiger partial charge in [0, 0.05) is 5.57 Å². The van der Waals surface area contributed by atoms with Crippen molar-refractivity contribution in [3.63, 3.8) is 0 Å². The summed E-state index contributed by atoms with van der Waals surface area (Å²) in [7, 11) is 0. The number of carbonyl (C=O) groups excluding carboxylic acids is 1. The summed E-state index contributed by atoms with van der Waals surface area (Å²) in [6, 6.07) is 29.6. The second-order valence-electron chi connectivity index (χ2n) is 5.94. The van der Waals surface area contributed by atoms with Gasteiger partial charge in [0.1, 0.15) is 0 Å². The van der Waals surface area contributed by atoms with Gasteiger partial charge in [0.25, 0.3) is 5.91 Å². The van der Waals surface area contributed by atoms with Gasteiger partial charge in [-0.1, -0.05) is 91.0 Å². The molecule has 25 heavy (non-hydrogen) atoms. The van der Waals surface area contributed by atoms with E-state index in [0.717, 1.165) is 16.7 Å². The maximum Gasteiger partial charge on any atom is 0.252 e. The first-order valence-electron chi connectivity index (χ1n) is 8.42. The van der Waals surface area contributed by atoms with E-state index < -0.39 is 0 Å².